The molecule has 1 aromatic carbocycles. The van der Waals surface area contributed by atoms with E-state index in [0.29, 0.717) is 5.92 Å². The van der Waals surface area contributed by atoms with E-state index in [1.165, 1.54) is 5.56 Å². The highest BCUT2D eigenvalue weighted by Gasteiger charge is 2.06. The summed E-state index contributed by atoms with van der Waals surface area (Å²) >= 11 is 0. The Morgan fingerprint density at radius 1 is 1.19 bits per heavy atom. The van der Waals surface area contributed by atoms with Crippen molar-refractivity contribution in [2.24, 2.45) is 0 Å². The number of aromatic nitrogens is 1. The van der Waals surface area contributed by atoms with Crippen molar-refractivity contribution in [2.45, 2.75) is 40.0 Å². The molecule has 0 bridgehead atoms. The third-order valence-electron chi connectivity index (χ3n) is 3.39. The van der Waals surface area contributed by atoms with Crippen molar-refractivity contribution in [3.05, 3.63) is 47.7 Å². The van der Waals surface area contributed by atoms with Gasteiger partial charge in [-0.25, -0.2) is 4.98 Å². The summed E-state index contributed by atoms with van der Waals surface area (Å²) in [6.07, 6.45) is 2.84. The summed E-state index contributed by atoms with van der Waals surface area (Å²) in [5, 5.41) is 3.27. The van der Waals surface area contributed by atoms with Crippen LogP contribution in [0.25, 0.3) is 0 Å². The maximum absolute atomic E-state index is 6.04. The number of ether oxygens (including phenoxy) is 1. The lowest BCUT2D eigenvalue weighted by molar-refractivity contribution is 0.477. The molecule has 3 nitrogen and oxygen atoms in total. The minimum absolute atomic E-state index is 0.493. The molecule has 0 atom stereocenters. The SMILES string of the molecule is CCCNc1cc(Oc2cc(C(C)C)ccc2C)ccn1. The normalized spacial score (nSPS) is 10.7. The van der Waals surface area contributed by atoms with Crippen LogP contribution in [0.3, 0.4) is 0 Å². The minimum atomic E-state index is 0.493. The van der Waals surface area contributed by atoms with Gasteiger partial charge in [-0.2, -0.15) is 0 Å². The van der Waals surface area contributed by atoms with Crippen LogP contribution in [-0.4, -0.2) is 11.5 Å². The fraction of sp³-hybridized carbons (Fsp3) is 0.389. The molecule has 21 heavy (non-hydrogen) atoms. The van der Waals surface area contributed by atoms with Gasteiger partial charge in [0.15, 0.2) is 0 Å². The van der Waals surface area contributed by atoms with Gasteiger partial charge in [0, 0.05) is 18.8 Å². The third-order valence-corrected chi connectivity index (χ3v) is 3.39. The van der Waals surface area contributed by atoms with Crippen LogP contribution in [0.2, 0.25) is 0 Å². The van der Waals surface area contributed by atoms with Crippen molar-refractivity contribution < 1.29 is 4.74 Å². The smallest absolute Gasteiger partial charge is 0.132 e. The molecule has 0 fully saturated rings. The van der Waals surface area contributed by atoms with E-state index in [4.69, 9.17) is 4.74 Å². The summed E-state index contributed by atoms with van der Waals surface area (Å²) in [4.78, 5) is 4.30. The Morgan fingerprint density at radius 2 is 2.00 bits per heavy atom. The number of rotatable bonds is 6. The number of pyridine rings is 1. The number of hydrogen-bond acceptors (Lipinski definition) is 3. The number of anilines is 1. The van der Waals surface area contributed by atoms with Crippen LogP contribution >= 0.6 is 0 Å². The van der Waals surface area contributed by atoms with E-state index in [2.05, 4.69) is 56.2 Å². The van der Waals surface area contributed by atoms with Crippen molar-refractivity contribution in [3.63, 3.8) is 0 Å². The predicted octanol–water partition coefficient (Wildman–Crippen LogP) is 5.13. The van der Waals surface area contributed by atoms with Gasteiger partial charge in [-0.05, 0) is 42.5 Å². The Morgan fingerprint density at radius 3 is 2.71 bits per heavy atom. The third kappa shape index (κ3) is 4.22. The monoisotopic (exact) mass is 284 g/mol. The molecular formula is C18H24N2O. The molecule has 0 aliphatic rings. The molecule has 0 aliphatic carbocycles. The average Bonchev–Trinajstić information content (AvgIpc) is 2.47. The van der Waals surface area contributed by atoms with E-state index in [9.17, 15) is 0 Å². The van der Waals surface area contributed by atoms with E-state index in [1.54, 1.807) is 6.20 Å². The molecule has 1 N–H and O–H groups in total. The number of aryl methyl sites for hydroxylation is 1. The van der Waals surface area contributed by atoms with Gasteiger partial charge in [-0.15, -0.1) is 0 Å². The second-order valence-electron chi connectivity index (χ2n) is 5.59. The standard InChI is InChI=1S/C18H24N2O/c1-5-9-19-18-12-16(8-10-20-18)21-17-11-15(13(2)3)7-6-14(17)4/h6-8,10-13H,5,9H2,1-4H3,(H,19,20). The summed E-state index contributed by atoms with van der Waals surface area (Å²) in [6, 6.07) is 10.2. The molecule has 0 radical (unpaired) electrons. The molecule has 0 saturated heterocycles. The molecule has 3 heteroatoms. The van der Waals surface area contributed by atoms with Crippen LogP contribution < -0.4 is 10.1 Å². The Labute approximate surface area is 127 Å². The largest absolute Gasteiger partial charge is 0.457 e. The number of hydrogen-bond donors (Lipinski definition) is 1. The molecule has 0 aliphatic heterocycles. The number of benzene rings is 1. The fourth-order valence-corrected chi connectivity index (χ4v) is 2.04. The molecule has 0 saturated carbocycles. The lowest BCUT2D eigenvalue weighted by atomic mass is 10.0. The van der Waals surface area contributed by atoms with Crippen molar-refractivity contribution in [2.75, 3.05) is 11.9 Å². The Hall–Kier alpha value is -2.03. The van der Waals surface area contributed by atoms with E-state index in [0.717, 1.165) is 35.8 Å². The molecule has 0 unspecified atom stereocenters. The van der Waals surface area contributed by atoms with Crippen molar-refractivity contribution in [3.8, 4) is 11.5 Å². The summed E-state index contributed by atoms with van der Waals surface area (Å²) in [7, 11) is 0. The Balaban J connectivity index is 2.19. The average molecular weight is 284 g/mol. The maximum atomic E-state index is 6.04. The van der Waals surface area contributed by atoms with Crippen molar-refractivity contribution >= 4 is 5.82 Å². The van der Waals surface area contributed by atoms with Gasteiger partial charge in [-0.3, -0.25) is 0 Å². The molecular weight excluding hydrogens is 260 g/mol. The van der Waals surface area contributed by atoms with Crippen LogP contribution in [0.1, 0.15) is 44.2 Å². The fourth-order valence-electron chi connectivity index (χ4n) is 2.04. The minimum Gasteiger partial charge on any atom is -0.457 e. The van der Waals surface area contributed by atoms with Crippen LogP contribution in [0.5, 0.6) is 11.5 Å². The zero-order chi connectivity index (χ0) is 15.2. The zero-order valence-electron chi connectivity index (χ0n) is 13.3. The van der Waals surface area contributed by atoms with Crippen LogP contribution in [0.15, 0.2) is 36.5 Å². The van der Waals surface area contributed by atoms with Crippen LogP contribution in [0, 0.1) is 6.92 Å². The van der Waals surface area contributed by atoms with Crippen LogP contribution in [-0.2, 0) is 0 Å². The predicted molar refractivity (Wildman–Crippen MR) is 88.4 cm³/mol. The maximum Gasteiger partial charge on any atom is 0.132 e. The van der Waals surface area contributed by atoms with Gasteiger partial charge in [0.2, 0.25) is 0 Å². The summed E-state index contributed by atoms with van der Waals surface area (Å²) in [5.74, 6) is 3.07. The molecule has 2 rings (SSSR count). The second kappa shape index (κ2) is 7.11. The first kappa shape index (κ1) is 15.4. The first-order chi connectivity index (χ1) is 10.1. The highest BCUT2D eigenvalue weighted by atomic mass is 16.5. The van der Waals surface area contributed by atoms with E-state index >= 15 is 0 Å². The van der Waals surface area contributed by atoms with E-state index in [1.807, 2.05) is 12.1 Å². The van der Waals surface area contributed by atoms with Gasteiger partial charge in [0.25, 0.3) is 0 Å². The second-order valence-corrected chi connectivity index (χ2v) is 5.59. The van der Waals surface area contributed by atoms with Gasteiger partial charge in [0.1, 0.15) is 17.3 Å². The Kier molecular flexibility index (Phi) is 5.20. The number of nitrogens with one attached hydrogen (secondary N) is 1. The Bertz CT molecular complexity index is 594. The molecule has 1 aromatic heterocycles. The molecule has 0 spiro atoms. The highest BCUT2D eigenvalue weighted by Crippen LogP contribution is 2.29. The van der Waals surface area contributed by atoms with E-state index in [-0.39, 0.29) is 0 Å². The van der Waals surface area contributed by atoms with Crippen molar-refractivity contribution in [1.82, 2.24) is 4.98 Å². The lowest BCUT2D eigenvalue weighted by Crippen LogP contribution is -2.01. The number of nitrogens with zero attached hydrogens (tertiary/aromatic N) is 1. The van der Waals surface area contributed by atoms with E-state index < -0.39 is 0 Å². The van der Waals surface area contributed by atoms with Gasteiger partial charge >= 0.3 is 0 Å². The quantitative estimate of drug-likeness (QED) is 0.798. The molecule has 0 amide bonds. The van der Waals surface area contributed by atoms with Gasteiger partial charge < -0.3 is 10.1 Å². The first-order valence-corrected chi connectivity index (χ1v) is 7.58. The summed E-state index contributed by atoms with van der Waals surface area (Å²) in [6.45, 7) is 9.49. The molecule has 1 heterocycles. The highest BCUT2D eigenvalue weighted by molar-refractivity contribution is 5.45. The summed E-state index contributed by atoms with van der Waals surface area (Å²) in [5.41, 5.74) is 2.42. The molecule has 2 aromatic rings. The van der Waals surface area contributed by atoms with Crippen LogP contribution in [0.4, 0.5) is 5.82 Å². The summed E-state index contributed by atoms with van der Waals surface area (Å²) < 4.78 is 6.04. The van der Waals surface area contributed by atoms with Gasteiger partial charge in [-0.1, -0.05) is 32.9 Å². The first-order valence-electron chi connectivity index (χ1n) is 7.58. The van der Waals surface area contributed by atoms with Crippen molar-refractivity contribution in [1.29, 1.82) is 0 Å². The zero-order valence-corrected chi connectivity index (χ0v) is 13.3. The topological polar surface area (TPSA) is 34.1 Å². The lowest BCUT2D eigenvalue weighted by Gasteiger charge is -2.13. The molecule has 112 valence electrons. The van der Waals surface area contributed by atoms with Gasteiger partial charge in [0.05, 0.1) is 0 Å².